The number of anilines is 1. The number of nitrogens with two attached hydrogens (primary N) is 1. The summed E-state index contributed by atoms with van der Waals surface area (Å²) in [7, 11) is 0. The van der Waals surface area contributed by atoms with Gasteiger partial charge in [0.15, 0.2) is 0 Å². The monoisotopic (exact) mass is 573 g/mol. The molecular weight excluding hydrogens is 547 g/mol. The number of nitrogen functional groups attached to an aromatic ring is 1. The van der Waals surface area contributed by atoms with Crippen LogP contribution in [0.25, 0.3) is 22.6 Å². The van der Waals surface area contributed by atoms with Gasteiger partial charge < -0.3 is 15.4 Å². The molecule has 10 nitrogen and oxygen atoms in total. The van der Waals surface area contributed by atoms with Gasteiger partial charge in [-0.3, -0.25) is 4.90 Å². The van der Waals surface area contributed by atoms with Crippen LogP contribution in [0.5, 0.6) is 0 Å². The Kier molecular flexibility index (Phi) is 6.28. The first kappa shape index (κ1) is 26.3. The molecule has 1 saturated heterocycles. The lowest BCUT2D eigenvalue weighted by Gasteiger charge is -2.34. The number of nitrogens with zero attached hydrogens (tertiary/aromatic N) is 8. The minimum Gasteiger partial charge on any atom is -0.382 e. The number of hydrogen-bond donors (Lipinski definition) is 2. The molecule has 4 atom stereocenters. The van der Waals surface area contributed by atoms with E-state index in [2.05, 4.69) is 34.5 Å². The van der Waals surface area contributed by atoms with Gasteiger partial charge in [-0.25, -0.2) is 37.8 Å². The van der Waals surface area contributed by atoms with Crippen molar-refractivity contribution in [3.63, 3.8) is 0 Å². The van der Waals surface area contributed by atoms with Crippen LogP contribution >= 0.6 is 0 Å². The van der Waals surface area contributed by atoms with Crippen molar-refractivity contribution in [2.75, 3.05) is 25.4 Å². The van der Waals surface area contributed by atoms with E-state index in [1.165, 1.54) is 35.5 Å². The highest BCUT2D eigenvalue weighted by molar-refractivity contribution is 5.77. The van der Waals surface area contributed by atoms with Gasteiger partial charge in [0.2, 0.25) is 5.95 Å². The van der Waals surface area contributed by atoms with Crippen molar-refractivity contribution in [3.8, 4) is 22.6 Å². The van der Waals surface area contributed by atoms with Crippen LogP contribution in [0.15, 0.2) is 73.7 Å². The van der Waals surface area contributed by atoms with Crippen molar-refractivity contribution < 1.29 is 18.3 Å². The number of hydrogen-bond acceptors (Lipinski definition) is 8. The first-order valence-electron chi connectivity index (χ1n) is 13.4. The Balaban J connectivity index is 1.16. The third-order valence-corrected chi connectivity index (χ3v) is 8.18. The van der Waals surface area contributed by atoms with E-state index in [4.69, 9.17) is 5.73 Å². The van der Waals surface area contributed by atoms with E-state index in [1.807, 2.05) is 0 Å². The first-order valence-corrected chi connectivity index (χ1v) is 13.4. The number of aliphatic hydroxyl groups is 1. The molecule has 7 rings (SSSR count). The maximum atomic E-state index is 14.9. The molecule has 2 fully saturated rings. The van der Waals surface area contributed by atoms with Crippen molar-refractivity contribution in [1.82, 2.24) is 39.2 Å². The smallest absolute Gasteiger partial charge is 0.220 e. The van der Waals surface area contributed by atoms with Gasteiger partial charge in [-0.2, -0.15) is 5.10 Å². The minimum atomic E-state index is -1.67. The van der Waals surface area contributed by atoms with Gasteiger partial charge in [0.25, 0.3) is 0 Å². The molecule has 42 heavy (non-hydrogen) atoms. The quantitative estimate of drug-likeness (QED) is 0.290. The fourth-order valence-corrected chi connectivity index (χ4v) is 6.33. The first-order chi connectivity index (χ1) is 20.3. The molecule has 214 valence electrons. The van der Waals surface area contributed by atoms with Gasteiger partial charge in [0.1, 0.15) is 35.7 Å². The molecule has 1 aliphatic carbocycles. The largest absolute Gasteiger partial charge is 0.382 e. The number of piperidine rings is 1. The van der Waals surface area contributed by atoms with Gasteiger partial charge in [0, 0.05) is 49.1 Å². The lowest BCUT2D eigenvalue weighted by Crippen LogP contribution is -2.45. The molecule has 0 spiro atoms. The zero-order chi connectivity index (χ0) is 29.0. The molecule has 2 aliphatic rings. The number of imidazole rings is 1. The normalized spacial score (nSPS) is 21.3. The van der Waals surface area contributed by atoms with Crippen LogP contribution in [0, 0.1) is 29.3 Å². The molecule has 3 N–H and O–H groups in total. The summed E-state index contributed by atoms with van der Waals surface area (Å²) in [6, 6.07) is 11.2. The number of benzene rings is 2. The van der Waals surface area contributed by atoms with E-state index in [-0.39, 0.29) is 48.3 Å². The van der Waals surface area contributed by atoms with E-state index in [0.29, 0.717) is 24.5 Å². The Morgan fingerprint density at radius 2 is 1.69 bits per heavy atom. The molecule has 0 radical (unpaired) electrons. The Morgan fingerprint density at radius 3 is 2.38 bits per heavy atom. The van der Waals surface area contributed by atoms with Crippen molar-refractivity contribution in [3.05, 3.63) is 96.7 Å². The fraction of sp³-hybridized carbons (Fsp3) is 0.276. The maximum Gasteiger partial charge on any atom is 0.220 e. The van der Waals surface area contributed by atoms with Gasteiger partial charge in [-0.1, -0.05) is 6.07 Å². The molecule has 1 aliphatic heterocycles. The Labute approximate surface area is 238 Å². The summed E-state index contributed by atoms with van der Waals surface area (Å²) in [5.41, 5.74) is 7.00. The van der Waals surface area contributed by atoms with Crippen LogP contribution in [0.4, 0.5) is 19.1 Å². The van der Waals surface area contributed by atoms with E-state index in [1.54, 1.807) is 30.7 Å². The highest BCUT2D eigenvalue weighted by Gasteiger charge is 2.58. The van der Waals surface area contributed by atoms with Crippen LogP contribution < -0.4 is 5.73 Å². The van der Waals surface area contributed by atoms with Gasteiger partial charge >= 0.3 is 0 Å². The Hall–Kier alpha value is -4.62. The predicted molar refractivity (Wildman–Crippen MR) is 146 cm³/mol. The number of fused-ring (bicyclic) bond motifs is 1. The topological polar surface area (TPSA) is 124 Å². The summed E-state index contributed by atoms with van der Waals surface area (Å²) in [6.45, 7) is 1.36. The highest BCUT2D eigenvalue weighted by atomic mass is 19.1. The SMILES string of the molecule is Nc1nccc(-c2c(-c3ccc(F)cc3)ncn2C2[C@H]3CN(C[C@](O)(Cn4cncn4)c4ccc(F)cc4F)C[C@@H]23)n1. The summed E-state index contributed by atoms with van der Waals surface area (Å²) in [6.07, 6.45) is 6.15. The fourth-order valence-electron chi connectivity index (χ4n) is 6.33. The molecular formula is C29H26F3N9O. The second kappa shape index (κ2) is 10.0. The third kappa shape index (κ3) is 4.69. The molecule has 13 heteroatoms. The summed E-state index contributed by atoms with van der Waals surface area (Å²) in [5, 5.41) is 15.9. The van der Waals surface area contributed by atoms with E-state index in [0.717, 1.165) is 23.4 Å². The Morgan fingerprint density at radius 1 is 0.929 bits per heavy atom. The van der Waals surface area contributed by atoms with E-state index in [9.17, 15) is 18.3 Å². The number of likely N-dealkylation sites (tertiary alicyclic amines) is 1. The summed E-state index contributed by atoms with van der Waals surface area (Å²) in [5.74, 6) is -1.26. The van der Waals surface area contributed by atoms with Gasteiger partial charge in [0.05, 0.1) is 30.0 Å². The lowest BCUT2D eigenvalue weighted by molar-refractivity contribution is -0.0196. The zero-order valence-corrected chi connectivity index (χ0v) is 22.2. The van der Waals surface area contributed by atoms with Crippen molar-refractivity contribution in [1.29, 1.82) is 0 Å². The highest BCUT2D eigenvalue weighted by Crippen LogP contribution is 2.57. The second-order valence-electron chi connectivity index (χ2n) is 10.9. The molecule has 5 aromatic rings. The number of aromatic nitrogens is 7. The summed E-state index contributed by atoms with van der Waals surface area (Å²) in [4.78, 5) is 19.2. The molecule has 1 unspecified atom stereocenters. The molecule has 0 bridgehead atoms. The van der Waals surface area contributed by atoms with Crippen LogP contribution in [0.3, 0.4) is 0 Å². The maximum absolute atomic E-state index is 14.9. The standard InChI is InChI=1S/C29H26F3N9O/c30-18-3-1-17(2-4-18)25-27(24-7-8-35-28(33)38-24)41(16-36-25)26-20-10-39(11-21(20)26)12-29(42,13-40-15-34-14-37-40)22-6-5-19(31)9-23(22)32/h1-9,14-16,20-21,26,42H,10-13H2,(H2,33,35,38)/t20-,21+,26?,29-/m0/s1. The van der Waals surface area contributed by atoms with Crippen molar-refractivity contribution >= 4 is 5.95 Å². The predicted octanol–water partition coefficient (Wildman–Crippen LogP) is 3.29. The van der Waals surface area contributed by atoms with Gasteiger partial charge in [-0.15, -0.1) is 0 Å². The lowest BCUT2D eigenvalue weighted by atomic mass is 9.92. The van der Waals surface area contributed by atoms with Crippen LogP contribution in [0.2, 0.25) is 0 Å². The van der Waals surface area contributed by atoms with E-state index >= 15 is 0 Å². The number of rotatable bonds is 8. The van der Waals surface area contributed by atoms with E-state index < -0.39 is 17.2 Å². The number of β-amino-alcohol motifs (C(OH)–C–C–N with tert-alkyl or cyclic N) is 1. The Bertz CT molecular complexity index is 1730. The minimum absolute atomic E-state index is 0.00120. The summed E-state index contributed by atoms with van der Waals surface area (Å²) >= 11 is 0. The van der Waals surface area contributed by atoms with Crippen molar-refractivity contribution in [2.45, 2.75) is 18.2 Å². The average molecular weight is 574 g/mol. The molecule has 3 aromatic heterocycles. The van der Waals surface area contributed by atoms with Crippen molar-refractivity contribution in [2.24, 2.45) is 11.8 Å². The van der Waals surface area contributed by atoms with Crippen LogP contribution in [-0.2, 0) is 12.1 Å². The average Bonchev–Trinajstić information content (AvgIpc) is 3.42. The van der Waals surface area contributed by atoms with Gasteiger partial charge in [-0.05, 0) is 48.2 Å². The summed E-state index contributed by atoms with van der Waals surface area (Å²) < 4.78 is 45.8. The molecule has 4 heterocycles. The third-order valence-electron chi connectivity index (χ3n) is 8.18. The second-order valence-corrected chi connectivity index (χ2v) is 10.9. The number of halogens is 3. The molecule has 2 aromatic carbocycles. The van der Waals surface area contributed by atoms with Crippen LogP contribution in [0.1, 0.15) is 11.6 Å². The molecule has 1 saturated carbocycles. The van der Waals surface area contributed by atoms with Crippen LogP contribution in [-0.4, -0.2) is 63.9 Å². The zero-order valence-electron chi connectivity index (χ0n) is 22.2. The molecule has 0 amide bonds.